The van der Waals surface area contributed by atoms with E-state index in [-0.39, 0.29) is 11.1 Å². The lowest BCUT2D eigenvalue weighted by Gasteiger charge is -2.03. The molecule has 4 aromatic rings. The first-order chi connectivity index (χ1) is 16.9. The van der Waals surface area contributed by atoms with Gasteiger partial charge in [-0.25, -0.2) is 0 Å². The predicted molar refractivity (Wildman–Crippen MR) is 140 cm³/mol. The maximum absolute atomic E-state index is 9.06. The maximum Gasteiger partial charge on any atom is 0.131 e. The minimum absolute atomic E-state index is 0.0714. The largest absolute Gasteiger partial charge is 0.343 e. The lowest BCUT2D eigenvalue weighted by atomic mass is 10.2. The molecule has 0 N–H and O–H groups in total. The second-order valence-electron chi connectivity index (χ2n) is 7.75. The maximum atomic E-state index is 9.06. The van der Waals surface area contributed by atoms with Gasteiger partial charge in [-0.15, -0.1) is 22.7 Å². The Balaban J connectivity index is 1.67. The molecule has 0 fully saturated rings. The SMILES string of the molecule is Cc1cc(-c2ccc(C=C(C#N)C#N)n2C)sc1-c1ccc(-c2ccc(C=C(C#N)C#N)n2C)s1. The number of nitrogens with zero attached hydrogens (tertiary/aromatic N) is 6. The van der Waals surface area contributed by atoms with Gasteiger partial charge in [0.1, 0.15) is 35.4 Å². The van der Waals surface area contributed by atoms with Crippen molar-refractivity contribution in [3.8, 4) is 55.2 Å². The third kappa shape index (κ3) is 4.45. The van der Waals surface area contributed by atoms with E-state index in [0.29, 0.717) is 0 Å². The number of thiophene rings is 2. The summed E-state index contributed by atoms with van der Waals surface area (Å²) in [7, 11) is 3.85. The van der Waals surface area contributed by atoms with Crippen molar-refractivity contribution in [1.82, 2.24) is 9.13 Å². The summed E-state index contributed by atoms with van der Waals surface area (Å²) in [5.74, 6) is 0. The van der Waals surface area contributed by atoms with Crippen molar-refractivity contribution in [1.29, 1.82) is 21.0 Å². The number of rotatable bonds is 5. The van der Waals surface area contributed by atoms with Gasteiger partial charge in [-0.3, -0.25) is 0 Å². The first kappa shape index (κ1) is 23.6. The van der Waals surface area contributed by atoms with Crippen molar-refractivity contribution in [2.24, 2.45) is 14.1 Å². The Morgan fingerprint density at radius 2 is 1.17 bits per heavy atom. The lowest BCUT2D eigenvalue weighted by molar-refractivity contribution is 0.926. The summed E-state index contributed by atoms with van der Waals surface area (Å²) < 4.78 is 3.96. The van der Waals surface area contributed by atoms with Crippen molar-refractivity contribution in [2.45, 2.75) is 6.92 Å². The van der Waals surface area contributed by atoms with Gasteiger partial charge in [0, 0.05) is 35.2 Å². The molecule has 0 saturated carbocycles. The predicted octanol–water partition coefficient (Wildman–Crippen LogP) is 6.66. The van der Waals surface area contributed by atoms with E-state index in [9.17, 15) is 0 Å². The van der Waals surface area contributed by atoms with Crippen LogP contribution >= 0.6 is 22.7 Å². The van der Waals surface area contributed by atoms with E-state index in [1.165, 1.54) is 10.4 Å². The Kier molecular flexibility index (Phi) is 6.54. The van der Waals surface area contributed by atoms with Crippen LogP contribution in [0.3, 0.4) is 0 Å². The Hall–Kier alpha value is -4.60. The number of hydrogen-bond acceptors (Lipinski definition) is 6. The molecule has 4 aromatic heterocycles. The Morgan fingerprint density at radius 3 is 1.69 bits per heavy atom. The average molecular weight is 491 g/mol. The molecule has 0 unspecified atom stereocenters. The highest BCUT2D eigenvalue weighted by atomic mass is 32.1. The molecule has 0 aliphatic heterocycles. The number of aromatic nitrogens is 2. The molecule has 8 heteroatoms. The van der Waals surface area contributed by atoms with Gasteiger partial charge in [-0.1, -0.05) is 0 Å². The molecule has 0 aromatic carbocycles. The Morgan fingerprint density at radius 1 is 0.686 bits per heavy atom. The quantitative estimate of drug-likeness (QED) is 0.292. The fourth-order valence-electron chi connectivity index (χ4n) is 3.76. The van der Waals surface area contributed by atoms with Crippen LogP contribution in [-0.2, 0) is 14.1 Å². The number of allylic oxidation sites excluding steroid dienone is 2. The van der Waals surface area contributed by atoms with E-state index < -0.39 is 0 Å². The summed E-state index contributed by atoms with van der Waals surface area (Å²) in [6.07, 6.45) is 3.18. The van der Waals surface area contributed by atoms with Crippen LogP contribution in [0.1, 0.15) is 17.0 Å². The van der Waals surface area contributed by atoms with E-state index in [0.717, 1.165) is 37.4 Å². The molecule has 35 heavy (non-hydrogen) atoms. The van der Waals surface area contributed by atoms with Gasteiger partial charge in [0.15, 0.2) is 0 Å². The van der Waals surface area contributed by atoms with Crippen LogP contribution in [0.15, 0.2) is 53.6 Å². The molecular formula is C27H18N6S2. The van der Waals surface area contributed by atoms with Gasteiger partial charge in [-0.2, -0.15) is 21.0 Å². The second-order valence-corrected chi connectivity index (χ2v) is 9.89. The molecule has 0 aliphatic rings. The van der Waals surface area contributed by atoms with E-state index in [2.05, 4.69) is 25.1 Å². The summed E-state index contributed by atoms with van der Waals surface area (Å²) in [5, 5.41) is 36.2. The van der Waals surface area contributed by atoms with Gasteiger partial charge in [0.05, 0.1) is 21.1 Å². The van der Waals surface area contributed by atoms with Crippen LogP contribution in [0.2, 0.25) is 0 Å². The molecule has 4 heterocycles. The molecule has 0 aliphatic carbocycles. The van der Waals surface area contributed by atoms with Gasteiger partial charge in [0.2, 0.25) is 0 Å². The smallest absolute Gasteiger partial charge is 0.131 e. The monoisotopic (exact) mass is 490 g/mol. The summed E-state index contributed by atoms with van der Waals surface area (Å²) in [6, 6.07) is 21.8. The van der Waals surface area contributed by atoms with Gasteiger partial charge >= 0.3 is 0 Å². The summed E-state index contributed by atoms with van der Waals surface area (Å²) in [4.78, 5) is 4.55. The molecule has 0 bridgehead atoms. The van der Waals surface area contributed by atoms with Crippen LogP contribution in [0.4, 0.5) is 0 Å². The molecule has 4 rings (SSSR count). The van der Waals surface area contributed by atoms with Gasteiger partial charge in [0.25, 0.3) is 0 Å². The molecular weight excluding hydrogens is 472 g/mol. The van der Waals surface area contributed by atoms with Crippen molar-refractivity contribution in [3.63, 3.8) is 0 Å². The Bertz CT molecular complexity index is 1640. The summed E-state index contributed by atoms with van der Waals surface area (Å²) >= 11 is 3.40. The van der Waals surface area contributed by atoms with Crippen LogP contribution in [0.5, 0.6) is 0 Å². The van der Waals surface area contributed by atoms with Crippen molar-refractivity contribution >= 4 is 34.8 Å². The topological polar surface area (TPSA) is 105 Å². The standard InChI is InChI=1S/C27H18N6S2/c1-17-10-26(23-7-5-21(33(23)3)12-19(15-30)16-31)35-27(17)25-9-8-24(34-25)22-6-4-20(32(22)2)11-18(13-28)14-29/h4-12H,1-3H3. The average Bonchev–Trinajstić information content (AvgIpc) is 3.63. The fourth-order valence-corrected chi connectivity index (χ4v) is 6.24. The molecule has 0 saturated heterocycles. The zero-order valence-corrected chi connectivity index (χ0v) is 20.8. The van der Waals surface area contributed by atoms with Crippen molar-refractivity contribution in [3.05, 3.63) is 70.6 Å². The number of hydrogen-bond donors (Lipinski definition) is 0. The van der Waals surface area contributed by atoms with Crippen LogP contribution in [-0.4, -0.2) is 9.13 Å². The number of aryl methyl sites for hydroxylation is 1. The lowest BCUT2D eigenvalue weighted by Crippen LogP contribution is -1.93. The van der Waals surface area contributed by atoms with E-state index in [1.807, 2.05) is 71.8 Å². The molecule has 6 nitrogen and oxygen atoms in total. The molecule has 0 spiro atoms. The van der Waals surface area contributed by atoms with Crippen LogP contribution in [0.25, 0.3) is 43.0 Å². The molecule has 168 valence electrons. The molecule has 0 amide bonds. The minimum atomic E-state index is 0.0714. The second kappa shape index (κ2) is 9.72. The van der Waals surface area contributed by atoms with Crippen LogP contribution in [0, 0.1) is 52.2 Å². The zero-order chi connectivity index (χ0) is 25.1. The normalized spacial score (nSPS) is 10.0. The third-order valence-electron chi connectivity index (χ3n) is 5.64. The highest BCUT2D eigenvalue weighted by Gasteiger charge is 2.16. The molecule has 0 radical (unpaired) electrons. The summed E-state index contributed by atoms with van der Waals surface area (Å²) in [5.41, 5.74) is 4.95. The highest BCUT2D eigenvalue weighted by molar-refractivity contribution is 7.25. The third-order valence-corrected chi connectivity index (χ3v) is 8.19. The van der Waals surface area contributed by atoms with Crippen LogP contribution < -0.4 is 0 Å². The van der Waals surface area contributed by atoms with E-state index >= 15 is 0 Å². The fraction of sp³-hybridized carbons (Fsp3) is 0.111. The van der Waals surface area contributed by atoms with E-state index in [1.54, 1.807) is 34.8 Å². The molecule has 0 atom stereocenters. The first-order valence-corrected chi connectivity index (χ1v) is 12.1. The van der Waals surface area contributed by atoms with Gasteiger partial charge in [-0.05, 0) is 67.1 Å². The first-order valence-electron chi connectivity index (χ1n) is 10.5. The Labute approximate surface area is 211 Å². The number of nitriles is 4. The van der Waals surface area contributed by atoms with Crippen molar-refractivity contribution < 1.29 is 0 Å². The van der Waals surface area contributed by atoms with E-state index in [4.69, 9.17) is 21.0 Å². The minimum Gasteiger partial charge on any atom is -0.343 e. The van der Waals surface area contributed by atoms with Gasteiger partial charge < -0.3 is 9.13 Å². The zero-order valence-electron chi connectivity index (χ0n) is 19.2. The highest BCUT2D eigenvalue weighted by Crippen LogP contribution is 2.43. The van der Waals surface area contributed by atoms with Crippen molar-refractivity contribution in [2.75, 3.05) is 0 Å². The summed E-state index contributed by atoms with van der Waals surface area (Å²) in [6.45, 7) is 2.10.